The topological polar surface area (TPSA) is 86.9 Å². The Hall–Kier alpha value is -1.70. The Morgan fingerprint density at radius 2 is 2.00 bits per heavy atom. The van der Waals surface area contributed by atoms with E-state index >= 15 is 0 Å². The lowest BCUT2D eigenvalue weighted by atomic mass is 10.1. The molecule has 0 bridgehead atoms. The highest BCUT2D eigenvalue weighted by Crippen LogP contribution is 2.24. The van der Waals surface area contributed by atoms with Crippen molar-refractivity contribution >= 4 is 23.2 Å². The predicted molar refractivity (Wildman–Crippen MR) is 77.5 cm³/mol. The van der Waals surface area contributed by atoms with Gasteiger partial charge in [0, 0.05) is 43.8 Å². The van der Waals surface area contributed by atoms with Crippen LogP contribution in [0.25, 0.3) is 0 Å². The molecule has 8 heteroatoms. The Kier molecular flexibility index (Phi) is 5.11. The maximum atomic E-state index is 12.4. The van der Waals surface area contributed by atoms with Crippen molar-refractivity contribution < 1.29 is 14.8 Å². The second-order valence-electron chi connectivity index (χ2n) is 4.78. The molecule has 0 aromatic heterocycles. The van der Waals surface area contributed by atoms with Gasteiger partial charge < -0.3 is 10.0 Å². The third kappa shape index (κ3) is 3.69. The van der Waals surface area contributed by atoms with Gasteiger partial charge in [0.2, 0.25) is 0 Å². The summed E-state index contributed by atoms with van der Waals surface area (Å²) in [7, 11) is 0. The molecule has 0 aliphatic carbocycles. The van der Waals surface area contributed by atoms with E-state index in [1.165, 1.54) is 18.2 Å². The van der Waals surface area contributed by atoms with Crippen LogP contribution in [0.1, 0.15) is 10.4 Å². The van der Waals surface area contributed by atoms with Gasteiger partial charge in [-0.05, 0) is 12.1 Å². The van der Waals surface area contributed by atoms with Crippen molar-refractivity contribution in [1.82, 2.24) is 9.80 Å². The van der Waals surface area contributed by atoms with E-state index in [1.54, 1.807) is 4.90 Å². The summed E-state index contributed by atoms with van der Waals surface area (Å²) in [6.07, 6.45) is 0. The third-order valence-corrected chi connectivity index (χ3v) is 3.70. The van der Waals surface area contributed by atoms with E-state index in [2.05, 4.69) is 0 Å². The first-order chi connectivity index (χ1) is 10.0. The largest absolute Gasteiger partial charge is 0.395 e. The minimum Gasteiger partial charge on any atom is -0.395 e. The van der Waals surface area contributed by atoms with Crippen LogP contribution in [0.3, 0.4) is 0 Å². The number of aliphatic hydroxyl groups excluding tert-OH is 1. The van der Waals surface area contributed by atoms with Gasteiger partial charge in [-0.25, -0.2) is 0 Å². The van der Waals surface area contributed by atoms with Gasteiger partial charge in [0.25, 0.3) is 11.6 Å². The molecule has 0 spiro atoms. The standard InChI is InChI=1S/C13H16ClN3O4/c14-10-1-2-12(17(20)21)11(9-10)13(19)16-5-3-15(4-6-16)7-8-18/h1-2,9,18H,3-8H2. The first kappa shape index (κ1) is 15.7. The second-order valence-corrected chi connectivity index (χ2v) is 5.21. The maximum absolute atomic E-state index is 12.4. The van der Waals surface area contributed by atoms with Gasteiger partial charge in [0.1, 0.15) is 5.56 Å². The molecule has 0 unspecified atom stereocenters. The number of halogens is 1. The van der Waals surface area contributed by atoms with Crippen LogP contribution in [-0.4, -0.2) is 65.1 Å². The highest BCUT2D eigenvalue weighted by atomic mass is 35.5. The van der Waals surface area contributed by atoms with Gasteiger partial charge >= 0.3 is 0 Å². The van der Waals surface area contributed by atoms with Gasteiger partial charge in [-0.1, -0.05) is 11.6 Å². The fourth-order valence-electron chi connectivity index (χ4n) is 2.33. The van der Waals surface area contributed by atoms with E-state index in [4.69, 9.17) is 16.7 Å². The van der Waals surface area contributed by atoms with Crippen LogP contribution >= 0.6 is 11.6 Å². The summed E-state index contributed by atoms with van der Waals surface area (Å²) in [4.78, 5) is 26.5. The van der Waals surface area contributed by atoms with Crippen LogP contribution in [0.4, 0.5) is 5.69 Å². The maximum Gasteiger partial charge on any atom is 0.282 e. The lowest BCUT2D eigenvalue weighted by Crippen LogP contribution is -2.49. The summed E-state index contributed by atoms with van der Waals surface area (Å²) < 4.78 is 0. The number of carbonyl (C=O) groups is 1. The lowest BCUT2D eigenvalue weighted by molar-refractivity contribution is -0.385. The number of nitrogens with zero attached hydrogens (tertiary/aromatic N) is 3. The minimum atomic E-state index is -0.578. The Morgan fingerprint density at radius 1 is 1.33 bits per heavy atom. The molecular formula is C13H16ClN3O4. The van der Waals surface area contributed by atoms with Crippen LogP contribution in [0, 0.1) is 10.1 Å². The number of nitro groups is 1. The van der Waals surface area contributed by atoms with Crippen molar-refractivity contribution in [2.75, 3.05) is 39.3 Å². The predicted octanol–water partition coefficient (Wildman–Crippen LogP) is 0.998. The van der Waals surface area contributed by atoms with Crippen molar-refractivity contribution in [3.8, 4) is 0 Å². The van der Waals surface area contributed by atoms with Gasteiger partial charge in [-0.3, -0.25) is 19.8 Å². The summed E-state index contributed by atoms with van der Waals surface area (Å²) in [5, 5.41) is 20.2. The number of amides is 1. The van der Waals surface area contributed by atoms with Crippen LogP contribution in [-0.2, 0) is 0 Å². The number of hydrogen-bond donors (Lipinski definition) is 1. The normalized spacial score (nSPS) is 16.0. The summed E-state index contributed by atoms with van der Waals surface area (Å²) in [5.74, 6) is -0.382. The van der Waals surface area contributed by atoms with Crippen LogP contribution < -0.4 is 0 Å². The molecule has 1 amide bonds. The lowest BCUT2D eigenvalue weighted by Gasteiger charge is -2.34. The number of rotatable bonds is 4. The second kappa shape index (κ2) is 6.84. The molecule has 114 valence electrons. The average molecular weight is 314 g/mol. The molecule has 1 fully saturated rings. The van der Waals surface area contributed by atoms with E-state index in [9.17, 15) is 14.9 Å². The summed E-state index contributed by atoms with van der Waals surface area (Å²) in [6, 6.07) is 3.98. The Morgan fingerprint density at radius 3 is 2.57 bits per heavy atom. The highest BCUT2D eigenvalue weighted by Gasteiger charge is 2.27. The summed E-state index contributed by atoms with van der Waals surface area (Å²) in [5.41, 5.74) is -0.217. The number of benzene rings is 1. The number of β-amino-alcohol motifs (C(OH)–C–C–N with tert-alkyl or cyclic N) is 1. The molecule has 1 aromatic carbocycles. The Balaban J connectivity index is 2.14. The van der Waals surface area contributed by atoms with Crippen LogP contribution in [0.5, 0.6) is 0 Å². The molecule has 1 aliphatic heterocycles. The quantitative estimate of drug-likeness (QED) is 0.662. The molecule has 2 rings (SSSR count). The van der Waals surface area contributed by atoms with Crippen molar-refractivity contribution in [3.63, 3.8) is 0 Å². The molecular weight excluding hydrogens is 298 g/mol. The molecule has 7 nitrogen and oxygen atoms in total. The SMILES string of the molecule is O=C(c1cc(Cl)ccc1[N+](=O)[O-])N1CCN(CCO)CC1. The zero-order chi connectivity index (χ0) is 15.4. The fourth-order valence-corrected chi connectivity index (χ4v) is 2.50. The molecule has 21 heavy (non-hydrogen) atoms. The van der Waals surface area contributed by atoms with Gasteiger partial charge in [-0.15, -0.1) is 0 Å². The van der Waals surface area contributed by atoms with E-state index < -0.39 is 4.92 Å². The van der Waals surface area contributed by atoms with Crippen molar-refractivity contribution in [3.05, 3.63) is 38.9 Å². The third-order valence-electron chi connectivity index (χ3n) is 3.46. The van der Waals surface area contributed by atoms with E-state index in [1.807, 2.05) is 4.90 Å². The van der Waals surface area contributed by atoms with Crippen molar-refractivity contribution in [2.45, 2.75) is 0 Å². The smallest absolute Gasteiger partial charge is 0.282 e. The molecule has 0 radical (unpaired) electrons. The Labute approximate surface area is 126 Å². The van der Waals surface area contributed by atoms with E-state index in [0.29, 0.717) is 37.7 Å². The number of hydrogen-bond acceptors (Lipinski definition) is 5. The summed E-state index contributed by atoms with van der Waals surface area (Å²) >= 11 is 5.84. The number of piperazine rings is 1. The monoisotopic (exact) mass is 313 g/mol. The number of nitro benzene ring substituents is 1. The number of carbonyl (C=O) groups excluding carboxylic acids is 1. The minimum absolute atomic E-state index is 0.0168. The molecule has 0 saturated carbocycles. The van der Waals surface area contributed by atoms with Gasteiger partial charge in [0.15, 0.2) is 0 Å². The zero-order valence-corrected chi connectivity index (χ0v) is 12.1. The average Bonchev–Trinajstić information content (AvgIpc) is 2.47. The molecule has 1 N–H and O–H groups in total. The molecule has 1 aliphatic rings. The van der Waals surface area contributed by atoms with E-state index in [0.717, 1.165) is 0 Å². The molecule has 1 heterocycles. The molecule has 1 saturated heterocycles. The summed E-state index contributed by atoms with van der Waals surface area (Å²) in [6.45, 7) is 2.87. The molecule has 1 aromatic rings. The van der Waals surface area contributed by atoms with Crippen LogP contribution in [0.15, 0.2) is 18.2 Å². The van der Waals surface area contributed by atoms with Crippen molar-refractivity contribution in [1.29, 1.82) is 0 Å². The highest BCUT2D eigenvalue weighted by molar-refractivity contribution is 6.31. The molecule has 0 atom stereocenters. The van der Waals surface area contributed by atoms with E-state index in [-0.39, 0.29) is 23.8 Å². The van der Waals surface area contributed by atoms with Gasteiger partial charge in [0.05, 0.1) is 11.5 Å². The van der Waals surface area contributed by atoms with Crippen molar-refractivity contribution in [2.24, 2.45) is 0 Å². The van der Waals surface area contributed by atoms with Gasteiger partial charge in [-0.2, -0.15) is 0 Å². The Bertz CT molecular complexity index is 544. The number of aliphatic hydroxyl groups is 1. The fraction of sp³-hybridized carbons (Fsp3) is 0.462. The first-order valence-electron chi connectivity index (χ1n) is 6.59. The first-order valence-corrected chi connectivity index (χ1v) is 6.97. The zero-order valence-electron chi connectivity index (χ0n) is 11.4. The van der Waals surface area contributed by atoms with Crippen LogP contribution in [0.2, 0.25) is 5.02 Å².